The Labute approximate surface area is 222 Å². The van der Waals surface area contributed by atoms with Crippen molar-refractivity contribution in [2.75, 3.05) is 13.7 Å². The summed E-state index contributed by atoms with van der Waals surface area (Å²) in [5, 5.41) is 72.6. The molecule has 0 saturated carbocycles. The Hall–Kier alpha value is -3.02. The zero-order chi connectivity index (χ0) is 27.5. The van der Waals surface area contributed by atoms with Crippen molar-refractivity contribution in [1.29, 1.82) is 0 Å². The lowest BCUT2D eigenvalue weighted by Gasteiger charge is -2.43. The molecule has 7 N–H and O–H groups in total. The minimum Gasteiger partial charge on any atom is -0.507 e. The number of carbonyl (C=O) groups is 3. The summed E-state index contributed by atoms with van der Waals surface area (Å²) in [6, 6.07) is 0.761. The molecular formula is C23H21IO13. The van der Waals surface area contributed by atoms with Gasteiger partial charge in [-0.05, 0) is 18.6 Å². The molecule has 1 aliphatic carbocycles. The summed E-state index contributed by atoms with van der Waals surface area (Å²) in [6.45, 7) is 0.479. The number of carbonyl (C=O) groups excluding carboxylic acids is 2. The number of methoxy groups -OCH3 is 1. The van der Waals surface area contributed by atoms with Crippen molar-refractivity contribution < 1.29 is 62.7 Å². The monoisotopic (exact) mass is 632 g/mol. The maximum Gasteiger partial charge on any atom is 0.339 e. The van der Waals surface area contributed by atoms with Gasteiger partial charge in [-0.25, -0.2) is 4.79 Å². The number of carboxylic acids is 1. The fraction of sp³-hybridized carbons (Fsp3) is 0.348. The molecule has 37 heavy (non-hydrogen) atoms. The standard InChI is InChI=1S/C23H21IO13/c1-5-9-6(3-7(26)10(5)23(33)34)14(27)11-12(16(9)29)17(30)13(19(32)18(11)31)20-22(37-24)21(35-2)15(28)8(4-25)36-20/h3,8,15,20-22,25-26,28,30-32H,4H2,1-2H3,(H,33,34)/t8-,15-,20?,21+,22+/m1/s1. The molecule has 1 fully saturated rings. The van der Waals surface area contributed by atoms with E-state index in [2.05, 4.69) is 0 Å². The van der Waals surface area contributed by atoms with Gasteiger partial charge in [0.05, 0.1) is 23.3 Å². The minimum atomic E-state index is -1.57. The molecule has 198 valence electrons. The Morgan fingerprint density at radius 2 is 1.65 bits per heavy atom. The molecule has 1 unspecified atom stereocenters. The lowest BCUT2D eigenvalue weighted by atomic mass is 9.77. The molecule has 4 rings (SSSR count). The van der Waals surface area contributed by atoms with Gasteiger partial charge < -0.3 is 48.3 Å². The van der Waals surface area contributed by atoms with E-state index in [1.54, 1.807) is 0 Å². The number of benzene rings is 2. The van der Waals surface area contributed by atoms with Crippen LogP contribution in [-0.4, -0.2) is 91.4 Å². The smallest absolute Gasteiger partial charge is 0.339 e. The number of ketones is 2. The SMILES string of the molecule is CO[C@H]1[C@H](O)[C@@H](CO)OC(c2c(O)c(O)c3c(c2O)C(=O)c2c(cc(O)c(C(=O)O)c2C)C3=O)[C@@H]1OI. The second kappa shape index (κ2) is 9.70. The van der Waals surface area contributed by atoms with Crippen molar-refractivity contribution in [3.63, 3.8) is 0 Å². The van der Waals surface area contributed by atoms with Crippen LogP contribution in [0.5, 0.6) is 23.0 Å². The zero-order valence-corrected chi connectivity index (χ0v) is 21.3. The third-order valence-electron chi connectivity index (χ3n) is 6.65. The average molecular weight is 632 g/mol. The van der Waals surface area contributed by atoms with Gasteiger partial charge in [0.25, 0.3) is 0 Å². The first-order valence-electron chi connectivity index (χ1n) is 10.7. The van der Waals surface area contributed by atoms with E-state index in [-0.39, 0.29) is 5.56 Å². The zero-order valence-electron chi connectivity index (χ0n) is 19.1. The fourth-order valence-corrected chi connectivity index (χ4v) is 5.48. The molecule has 1 saturated heterocycles. The highest BCUT2D eigenvalue weighted by Gasteiger charge is 2.50. The van der Waals surface area contributed by atoms with Crippen LogP contribution in [0.1, 0.15) is 59.4 Å². The second-order valence-electron chi connectivity index (χ2n) is 8.51. The number of halogens is 1. The van der Waals surface area contributed by atoms with Gasteiger partial charge in [-0.3, -0.25) is 9.59 Å². The van der Waals surface area contributed by atoms with Gasteiger partial charge in [-0.2, -0.15) is 0 Å². The molecule has 2 aromatic rings. The third-order valence-corrected chi connectivity index (χ3v) is 7.24. The Balaban J connectivity index is 2.00. The number of aromatic hydroxyl groups is 4. The number of carboxylic acid groups (broad SMARTS) is 1. The Morgan fingerprint density at radius 1 is 1.03 bits per heavy atom. The normalized spacial score (nSPS) is 25.1. The van der Waals surface area contributed by atoms with Crippen LogP contribution in [0.2, 0.25) is 0 Å². The number of aromatic carboxylic acids is 1. The van der Waals surface area contributed by atoms with Crippen LogP contribution in [0.25, 0.3) is 0 Å². The van der Waals surface area contributed by atoms with Crippen LogP contribution in [0, 0.1) is 6.92 Å². The quantitative estimate of drug-likeness (QED) is 0.118. The van der Waals surface area contributed by atoms with E-state index in [9.17, 15) is 50.1 Å². The molecule has 2 aliphatic rings. The Bertz CT molecular complexity index is 1340. The van der Waals surface area contributed by atoms with E-state index in [1.807, 2.05) is 0 Å². The first-order chi connectivity index (χ1) is 17.4. The summed E-state index contributed by atoms with van der Waals surface area (Å²) in [5.74, 6) is -7.63. The molecule has 0 bridgehead atoms. The van der Waals surface area contributed by atoms with Gasteiger partial charge in [-0.1, -0.05) is 0 Å². The average Bonchev–Trinajstić information content (AvgIpc) is 2.84. The molecule has 0 radical (unpaired) electrons. The van der Waals surface area contributed by atoms with E-state index < -0.39 is 111 Å². The predicted molar refractivity (Wildman–Crippen MR) is 129 cm³/mol. The third kappa shape index (κ3) is 3.82. The largest absolute Gasteiger partial charge is 0.507 e. The van der Waals surface area contributed by atoms with E-state index in [1.165, 1.54) is 37.0 Å². The first kappa shape index (κ1) is 27.0. The van der Waals surface area contributed by atoms with Gasteiger partial charge in [-0.15, -0.1) is 0 Å². The molecule has 0 amide bonds. The van der Waals surface area contributed by atoms with Crippen LogP contribution in [0.3, 0.4) is 0 Å². The minimum absolute atomic E-state index is 0.259. The number of rotatable bonds is 5. The summed E-state index contributed by atoms with van der Waals surface area (Å²) >= 11 is 1.46. The number of aliphatic hydroxyl groups excluding tert-OH is 2. The summed E-state index contributed by atoms with van der Waals surface area (Å²) in [7, 11) is 1.23. The highest BCUT2D eigenvalue weighted by atomic mass is 127. The first-order valence-corrected chi connectivity index (χ1v) is 11.5. The molecule has 0 aromatic heterocycles. The Morgan fingerprint density at radius 3 is 2.19 bits per heavy atom. The van der Waals surface area contributed by atoms with Crippen molar-refractivity contribution in [2.24, 2.45) is 0 Å². The van der Waals surface area contributed by atoms with E-state index >= 15 is 0 Å². The van der Waals surface area contributed by atoms with Gasteiger partial charge in [0, 0.05) is 18.2 Å². The number of phenols is 4. The highest BCUT2D eigenvalue weighted by Crippen LogP contribution is 2.52. The van der Waals surface area contributed by atoms with E-state index in [0.29, 0.717) is 0 Å². The maximum absolute atomic E-state index is 13.6. The molecular weight excluding hydrogens is 611 g/mol. The van der Waals surface area contributed by atoms with Crippen molar-refractivity contribution in [3.8, 4) is 23.0 Å². The summed E-state index contributed by atoms with van der Waals surface area (Å²) in [4.78, 5) is 38.5. The van der Waals surface area contributed by atoms with E-state index in [4.69, 9.17) is 12.5 Å². The summed E-state index contributed by atoms with van der Waals surface area (Å²) in [5.41, 5.74) is -3.88. The molecule has 14 heteroatoms. The van der Waals surface area contributed by atoms with Gasteiger partial charge in [0.1, 0.15) is 70.6 Å². The lowest BCUT2D eigenvalue weighted by molar-refractivity contribution is -0.226. The summed E-state index contributed by atoms with van der Waals surface area (Å²) in [6.07, 6.45) is -6.64. The molecule has 13 nitrogen and oxygen atoms in total. The molecule has 1 heterocycles. The molecule has 0 spiro atoms. The molecule has 2 aromatic carbocycles. The van der Waals surface area contributed by atoms with Crippen LogP contribution in [0.15, 0.2) is 6.07 Å². The number of fused-ring (bicyclic) bond motifs is 2. The van der Waals surface area contributed by atoms with Crippen LogP contribution < -0.4 is 0 Å². The lowest BCUT2D eigenvalue weighted by Crippen LogP contribution is -2.56. The highest BCUT2D eigenvalue weighted by molar-refractivity contribution is 14.1. The number of aliphatic hydroxyl groups is 2. The van der Waals surface area contributed by atoms with Crippen molar-refractivity contribution in [1.82, 2.24) is 0 Å². The number of hydrogen-bond donors (Lipinski definition) is 7. The van der Waals surface area contributed by atoms with Crippen molar-refractivity contribution >= 4 is 40.5 Å². The second-order valence-corrected chi connectivity index (χ2v) is 9.02. The topological polar surface area (TPSA) is 221 Å². The molecule has 1 aliphatic heterocycles. The fourth-order valence-electron chi connectivity index (χ4n) is 4.92. The summed E-state index contributed by atoms with van der Waals surface area (Å²) < 4.78 is 16.2. The van der Waals surface area contributed by atoms with E-state index in [0.717, 1.165) is 6.07 Å². The van der Waals surface area contributed by atoms with Crippen molar-refractivity contribution in [2.45, 2.75) is 37.4 Å². The van der Waals surface area contributed by atoms with Gasteiger partial charge in [0.2, 0.25) is 0 Å². The van der Waals surface area contributed by atoms with Crippen LogP contribution >= 0.6 is 23.0 Å². The number of ether oxygens (including phenoxy) is 2. The predicted octanol–water partition coefficient (Wildman–Crippen LogP) is 0.834. The van der Waals surface area contributed by atoms with Crippen LogP contribution in [-0.2, 0) is 12.5 Å². The Kier molecular flexibility index (Phi) is 7.08. The van der Waals surface area contributed by atoms with Crippen molar-refractivity contribution in [3.05, 3.63) is 45.0 Å². The number of phenolic OH excluding ortho intramolecular Hbond substituents is 3. The molecule has 5 atom stereocenters. The maximum atomic E-state index is 13.6. The number of hydrogen-bond acceptors (Lipinski definition) is 12. The van der Waals surface area contributed by atoms with Crippen LogP contribution in [0.4, 0.5) is 0 Å². The van der Waals surface area contributed by atoms with Gasteiger partial charge in [0.15, 0.2) is 23.1 Å². The van der Waals surface area contributed by atoms with Gasteiger partial charge >= 0.3 is 5.97 Å².